The van der Waals surface area contributed by atoms with Crippen molar-refractivity contribution in [2.24, 2.45) is 0 Å². The average Bonchev–Trinajstić information content (AvgIpc) is 3.28. The fourth-order valence-electron chi connectivity index (χ4n) is 8.15. The number of hydrogen-bond acceptors (Lipinski definition) is 11. The summed E-state index contributed by atoms with van der Waals surface area (Å²) in [5.74, 6) is -0.475. The molecule has 13 heteroatoms. The largest absolute Gasteiger partial charge is 0.472 e. The summed E-state index contributed by atoms with van der Waals surface area (Å²) in [5.41, 5.74) is 0. The molecule has 1 aliphatic carbocycles. The zero-order valence-electron chi connectivity index (χ0n) is 40.6. The molecule has 0 aromatic heterocycles. The predicted octanol–water partition coefficient (Wildman–Crippen LogP) is 11.7. The number of hydrogen-bond donors (Lipinski definition) is 6. The van der Waals surface area contributed by atoms with E-state index < -0.39 is 63.1 Å². The fraction of sp³-hybridized carbons (Fsp3) is 0.902. The number of carbonyl (C=O) groups is 1. The van der Waals surface area contributed by atoms with Crippen molar-refractivity contribution < 1.29 is 58.3 Å². The number of phosphoric ester groups is 1. The smallest absolute Gasteiger partial charge is 0.457 e. The molecule has 1 fully saturated rings. The number of unbranched alkanes of at least 4 members (excludes halogenated alkanes) is 29. The summed E-state index contributed by atoms with van der Waals surface area (Å²) >= 11 is 0. The van der Waals surface area contributed by atoms with Crippen molar-refractivity contribution in [3.8, 4) is 0 Å². The number of ether oxygens (including phenoxy) is 2. The van der Waals surface area contributed by atoms with E-state index in [1.54, 1.807) is 0 Å². The van der Waals surface area contributed by atoms with Crippen LogP contribution < -0.4 is 0 Å². The third-order valence-corrected chi connectivity index (χ3v) is 13.3. The summed E-state index contributed by atoms with van der Waals surface area (Å²) in [7, 11) is -5.02. The Morgan fingerprint density at radius 2 is 0.875 bits per heavy atom. The van der Waals surface area contributed by atoms with E-state index in [9.17, 15) is 39.8 Å². The Balaban J connectivity index is 2.33. The highest BCUT2D eigenvalue weighted by Gasteiger charge is 2.51. The second kappa shape index (κ2) is 42.0. The molecule has 0 heterocycles. The zero-order chi connectivity index (χ0) is 46.9. The lowest BCUT2D eigenvalue weighted by molar-refractivity contribution is -0.220. The normalized spacial score (nSPS) is 21.8. The third-order valence-electron chi connectivity index (χ3n) is 12.3. The van der Waals surface area contributed by atoms with E-state index in [-0.39, 0.29) is 13.0 Å². The highest BCUT2D eigenvalue weighted by molar-refractivity contribution is 7.47. The molecule has 6 atom stereocenters. The van der Waals surface area contributed by atoms with Gasteiger partial charge in [0, 0.05) is 13.0 Å². The predicted molar refractivity (Wildman–Crippen MR) is 258 cm³/mol. The first-order chi connectivity index (χ1) is 31.0. The maximum atomic E-state index is 12.9. The summed E-state index contributed by atoms with van der Waals surface area (Å²) in [5, 5.41) is 50.3. The van der Waals surface area contributed by atoms with E-state index >= 15 is 0 Å². The van der Waals surface area contributed by atoms with Crippen LogP contribution in [0.2, 0.25) is 0 Å². The van der Waals surface area contributed by atoms with Crippen molar-refractivity contribution in [1.82, 2.24) is 0 Å². The summed E-state index contributed by atoms with van der Waals surface area (Å²) in [6, 6.07) is 0. The van der Waals surface area contributed by atoms with Crippen molar-refractivity contribution in [1.29, 1.82) is 0 Å². The van der Waals surface area contributed by atoms with Gasteiger partial charge in [-0.25, -0.2) is 4.57 Å². The molecule has 0 aromatic rings. The Labute approximate surface area is 390 Å². The minimum Gasteiger partial charge on any atom is -0.457 e. The molecule has 0 aliphatic heterocycles. The van der Waals surface area contributed by atoms with E-state index in [4.69, 9.17) is 18.5 Å². The molecule has 1 rings (SSSR count). The van der Waals surface area contributed by atoms with Crippen LogP contribution in [0.4, 0.5) is 0 Å². The summed E-state index contributed by atoms with van der Waals surface area (Å²) in [6.07, 6.45) is 36.7. The molecule has 378 valence electrons. The van der Waals surface area contributed by atoms with Gasteiger partial charge in [0.25, 0.3) is 0 Å². The van der Waals surface area contributed by atoms with Gasteiger partial charge in [-0.3, -0.25) is 13.8 Å². The van der Waals surface area contributed by atoms with Crippen LogP contribution in [0.1, 0.15) is 232 Å². The molecule has 0 radical (unpaired) electrons. The number of phosphoric acid groups is 1. The van der Waals surface area contributed by atoms with Crippen LogP contribution in [0.25, 0.3) is 0 Å². The number of carbonyl (C=O) groups excluding carboxylic acids is 1. The standard InChI is InChI=1S/C51H97O12P/c1-3-5-7-9-11-13-15-17-19-21-23-25-27-29-31-33-35-37-39-41-60-42-44(43-61-64(58,59)63-51-49(56)47(54)46(53)48(55)50(51)57)62-45(52)40-38-36-34-32-30-28-26-24-22-20-18-16-14-12-10-8-6-4-2/h13,15,19,21,44,46-51,53-57H,3-12,14,16-18,20,22-43H2,1-2H3,(H,58,59)/b15-13-,21-19-. The fourth-order valence-corrected chi connectivity index (χ4v) is 9.12. The van der Waals surface area contributed by atoms with Crippen LogP contribution in [0, 0.1) is 0 Å². The van der Waals surface area contributed by atoms with Gasteiger partial charge >= 0.3 is 13.8 Å². The van der Waals surface area contributed by atoms with Crippen molar-refractivity contribution in [2.45, 2.75) is 275 Å². The van der Waals surface area contributed by atoms with Gasteiger partial charge in [-0.2, -0.15) is 0 Å². The van der Waals surface area contributed by atoms with E-state index in [0.717, 1.165) is 57.8 Å². The van der Waals surface area contributed by atoms with Crippen LogP contribution in [-0.2, 0) is 27.9 Å². The van der Waals surface area contributed by atoms with E-state index in [1.165, 1.54) is 148 Å². The maximum absolute atomic E-state index is 12.9. The van der Waals surface area contributed by atoms with Gasteiger partial charge in [0.15, 0.2) is 0 Å². The van der Waals surface area contributed by atoms with Gasteiger partial charge in [-0.15, -0.1) is 0 Å². The molecule has 6 unspecified atom stereocenters. The average molecular weight is 933 g/mol. The maximum Gasteiger partial charge on any atom is 0.472 e. The summed E-state index contributed by atoms with van der Waals surface area (Å²) in [4.78, 5) is 23.2. The summed E-state index contributed by atoms with van der Waals surface area (Å²) in [6.45, 7) is 4.27. The lowest BCUT2D eigenvalue weighted by Crippen LogP contribution is -2.64. The van der Waals surface area contributed by atoms with Crippen molar-refractivity contribution in [3.63, 3.8) is 0 Å². The highest BCUT2D eigenvalue weighted by Crippen LogP contribution is 2.47. The van der Waals surface area contributed by atoms with E-state index in [0.29, 0.717) is 13.0 Å². The molecular weight excluding hydrogens is 836 g/mol. The lowest BCUT2D eigenvalue weighted by Gasteiger charge is -2.41. The molecule has 0 bridgehead atoms. The van der Waals surface area contributed by atoms with Gasteiger partial charge in [0.1, 0.15) is 42.7 Å². The summed E-state index contributed by atoms with van der Waals surface area (Å²) < 4.78 is 34.3. The molecule has 0 saturated heterocycles. The van der Waals surface area contributed by atoms with Crippen LogP contribution in [0.15, 0.2) is 24.3 Å². The quantitative estimate of drug-likeness (QED) is 0.0147. The minimum atomic E-state index is -5.02. The first-order valence-electron chi connectivity index (χ1n) is 26.2. The first-order valence-corrected chi connectivity index (χ1v) is 27.7. The van der Waals surface area contributed by atoms with Crippen LogP contribution in [0.5, 0.6) is 0 Å². The van der Waals surface area contributed by atoms with Crippen LogP contribution >= 0.6 is 7.82 Å². The minimum absolute atomic E-state index is 0.0764. The van der Waals surface area contributed by atoms with Crippen molar-refractivity contribution in [3.05, 3.63) is 24.3 Å². The molecule has 0 spiro atoms. The molecule has 1 aliphatic rings. The highest BCUT2D eigenvalue weighted by atomic mass is 31.2. The Morgan fingerprint density at radius 3 is 1.33 bits per heavy atom. The molecule has 64 heavy (non-hydrogen) atoms. The van der Waals surface area contributed by atoms with Gasteiger partial charge in [-0.05, 0) is 44.9 Å². The number of aliphatic hydroxyl groups excluding tert-OH is 5. The first kappa shape index (κ1) is 60.8. The molecule has 12 nitrogen and oxygen atoms in total. The molecule has 0 aromatic carbocycles. The monoisotopic (exact) mass is 933 g/mol. The van der Waals surface area contributed by atoms with E-state index in [1.807, 2.05) is 0 Å². The topological polar surface area (TPSA) is 192 Å². The zero-order valence-corrected chi connectivity index (χ0v) is 41.5. The van der Waals surface area contributed by atoms with Crippen LogP contribution in [-0.4, -0.2) is 98.9 Å². The third kappa shape index (κ3) is 33.3. The molecule has 6 N–H and O–H groups in total. The number of esters is 1. The van der Waals surface area contributed by atoms with Crippen molar-refractivity contribution in [2.75, 3.05) is 19.8 Å². The second-order valence-corrected chi connectivity index (χ2v) is 19.8. The Kier molecular flexibility index (Phi) is 39.9. The van der Waals surface area contributed by atoms with Gasteiger partial charge in [0.2, 0.25) is 0 Å². The van der Waals surface area contributed by atoms with Gasteiger partial charge < -0.3 is 39.9 Å². The lowest BCUT2D eigenvalue weighted by atomic mass is 9.85. The Bertz CT molecular complexity index is 1150. The van der Waals surface area contributed by atoms with Crippen molar-refractivity contribution >= 4 is 13.8 Å². The van der Waals surface area contributed by atoms with Gasteiger partial charge in [0.05, 0.1) is 13.2 Å². The van der Waals surface area contributed by atoms with Crippen LogP contribution in [0.3, 0.4) is 0 Å². The number of aliphatic hydroxyl groups is 5. The van der Waals surface area contributed by atoms with Gasteiger partial charge in [-0.1, -0.05) is 205 Å². The molecule has 1 saturated carbocycles. The Morgan fingerprint density at radius 1 is 0.500 bits per heavy atom. The number of allylic oxidation sites excluding steroid dienone is 4. The second-order valence-electron chi connectivity index (χ2n) is 18.4. The molecular formula is C51H97O12P. The molecule has 0 amide bonds. The SMILES string of the molecule is CCCCCC/C=C\C/C=C\CCCCCCCCCCOCC(COP(=O)(O)OC1C(O)C(O)C(O)C(O)C1O)OC(=O)CCCCCCCCCCCCCCCCCCCC. The van der Waals surface area contributed by atoms with E-state index in [2.05, 4.69) is 38.2 Å². The number of rotatable bonds is 45. The Hall–Kier alpha value is -1.18.